The van der Waals surface area contributed by atoms with E-state index in [1.807, 2.05) is 0 Å². The molecule has 0 saturated carbocycles. The van der Waals surface area contributed by atoms with Crippen molar-refractivity contribution in [1.29, 1.82) is 0 Å². The van der Waals surface area contributed by atoms with Crippen molar-refractivity contribution < 1.29 is 19.4 Å². The zero-order valence-corrected chi connectivity index (χ0v) is 11.9. The van der Waals surface area contributed by atoms with Crippen molar-refractivity contribution >= 4 is 12.1 Å². The van der Waals surface area contributed by atoms with Crippen LogP contribution in [0.2, 0.25) is 0 Å². The van der Waals surface area contributed by atoms with Crippen LogP contribution in [0.15, 0.2) is 5.22 Å². The number of nitrogens with zero attached hydrogens (tertiary/aromatic N) is 3. The monoisotopic (exact) mass is 287 g/mol. The minimum absolute atomic E-state index is 0.296. The summed E-state index contributed by atoms with van der Waals surface area (Å²) in [6.07, 6.45) is 0.950. The Bertz CT molecular complexity index is 373. The molecule has 9 nitrogen and oxygen atoms in total. The molecule has 0 spiro atoms. The molecule has 0 rings (SSSR count). The van der Waals surface area contributed by atoms with Gasteiger partial charge in [0.25, 0.3) is 0 Å². The number of nitrogens with one attached hydrogen (secondary N) is 2. The molecule has 0 aromatic heterocycles. The van der Waals surface area contributed by atoms with Crippen molar-refractivity contribution in [2.75, 3.05) is 6.54 Å². The highest BCUT2D eigenvalue weighted by atomic mass is 16.6. The number of amides is 1. The van der Waals surface area contributed by atoms with E-state index in [4.69, 9.17) is 15.4 Å². The first-order valence-electron chi connectivity index (χ1n) is 6.25. The number of carbonyl (C=O) groups excluding carboxylic acids is 1. The van der Waals surface area contributed by atoms with Gasteiger partial charge >= 0.3 is 12.1 Å². The first kappa shape index (κ1) is 17.8. The van der Waals surface area contributed by atoms with Crippen LogP contribution in [0.3, 0.4) is 0 Å². The van der Waals surface area contributed by atoms with E-state index < -0.39 is 23.7 Å². The summed E-state index contributed by atoms with van der Waals surface area (Å²) in [7, 11) is 0. The molecule has 0 heterocycles. The number of carbonyl (C=O) groups is 2. The van der Waals surface area contributed by atoms with E-state index in [1.165, 1.54) is 0 Å². The quantitative estimate of drug-likeness (QED) is 0.206. The summed E-state index contributed by atoms with van der Waals surface area (Å²) in [5.74, 6) is -1.09. The minimum atomic E-state index is -1.09. The van der Waals surface area contributed by atoms with E-state index in [9.17, 15) is 9.59 Å². The van der Waals surface area contributed by atoms with Crippen LogP contribution < -0.4 is 10.7 Å². The highest BCUT2D eigenvalue weighted by molar-refractivity contribution is 5.73. The third kappa shape index (κ3) is 9.84. The summed E-state index contributed by atoms with van der Waals surface area (Å²) >= 11 is 0. The van der Waals surface area contributed by atoms with E-state index in [-0.39, 0.29) is 0 Å². The highest BCUT2D eigenvalue weighted by Crippen LogP contribution is 2.06. The SMILES string of the molecule is CC(C)(C)OC(=O)NCCCC[C@H](NN=[N+]=[N-])C(=O)O. The number of hydrogen-bond acceptors (Lipinski definition) is 4. The maximum Gasteiger partial charge on any atom is 0.407 e. The summed E-state index contributed by atoms with van der Waals surface area (Å²) in [4.78, 5) is 24.5. The third-order valence-electron chi connectivity index (χ3n) is 2.14. The molecular weight excluding hydrogens is 266 g/mol. The van der Waals surface area contributed by atoms with Gasteiger partial charge < -0.3 is 15.2 Å². The van der Waals surface area contributed by atoms with Crippen LogP contribution >= 0.6 is 0 Å². The number of rotatable bonds is 8. The Balaban J connectivity index is 3.81. The normalized spacial score (nSPS) is 11.9. The lowest BCUT2D eigenvalue weighted by Gasteiger charge is -2.19. The number of aliphatic carboxylic acids is 1. The van der Waals surface area contributed by atoms with Crippen molar-refractivity contribution in [3.63, 3.8) is 0 Å². The van der Waals surface area contributed by atoms with Gasteiger partial charge in [-0.2, -0.15) is 4.91 Å². The molecule has 1 amide bonds. The fourth-order valence-corrected chi connectivity index (χ4v) is 1.32. The summed E-state index contributed by atoms with van der Waals surface area (Å²) in [6, 6.07) is -0.924. The Kier molecular flexibility index (Phi) is 7.91. The molecule has 0 aliphatic carbocycles. The fraction of sp³-hybridized carbons (Fsp3) is 0.818. The van der Waals surface area contributed by atoms with Gasteiger partial charge in [0.1, 0.15) is 5.60 Å². The van der Waals surface area contributed by atoms with Gasteiger partial charge in [0.2, 0.25) is 0 Å². The maximum atomic E-state index is 11.3. The number of ether oxygens (including phenoxy) is 1. The van der Waals surface area contributed by atoms with Gasteiger partial charge in [-0.25, -0.2) is 15.0 Å². The first-order chi connectivity index (χ1) is 9.26. The van der Waals surface area contributed by atoms with Gasteiger partial charge in [0, 0.05) is 6.54 Å². The number of carboxylic acids is 1. The number of azide groups is 1. The Labute approximate surface area is 117 Å². The lowest BCUT2D eigenvalue weighted by atomic mass is 10.1. The predicted octanol–water partition coefficient (Wildman–Crippen LogP) is 1.95. The van der Waals surface area contributed by atoms with Crippen molar-refractivity contribution in [2.24, 2.45) is 5.22 Å². The molecule has 9 heteroatoms. The zero-order valence-electron chi connectivity index (χ0n) is 11.9. The minimum Gasteiger partial charge on any atom is -0.478 e. The van der Waals surface area contributed by atoms with Gasteiger partial charge in [0.15, 0.2) is 6.04 Å². The largest absolute Gasteiger partial charge is 0.478 e. The molecule has 0 aliphatic heterocycles. The van der Waals surface area contributed by atoms with Gasteiger partial charge in [-0.1, -0.05) is 0 Å². The number of carboxylic acid groups (broad SMARTS) is 1. The second-order valence-electron chi connectivity index (χ2n) is 5.13. The fourth-order valence-electron chi connectivity index (χ4n) is 1.32. The zero-order chi connectivity index (χ0) is 15.6. The van der Waals surface area contributed by atoms with Crippen LogP contribution in [0, 0.1) is 0 Å². The molecule has 114 valence electrons. The lowest BCUT2D eigenvalue weighted by molar-refractivity contribution is -0.139. The van der Waals surface area contributed by atoms with Crippen LogP contribution in [-0.2, 0) is 9.53 Å². The third-order valence-corrected chi connectivity index (χ3v) is 2.14. The van der Waals surface area contributed by atoms with Crippen molar-refractivity contribution in [3.05, 3.63) is 10.4 Å². The van der Waals surface area contributed by atoms with Crippen LogP contribution in [0.25, 0.3) is 10.4 Å². The lowest BCUT2D eigenvalue weighted by Crippen LogP contribution is -2.34. The smallest absolute Gasteiger partial charge is 0.407 e. The second kappa shape index (κ2) is 8.87. The Morgan fingerprint density at radius 2 is 2.05 bits per heavy atom. The number of alkyl carbamates (subject to hydrolysis) is 1. The molecular formula is C11H21N5O4. The molecule has 0 radical (unpaired) electrons. The molecule has 0 saturated heterocycles. The second-order valence-corrected chi connectivity index (χ2v) is 5.13. The van der Waals surface area contributed by atoms with Gasteiger partial charge in [0.05, 0.1) is 0 Å². The van der Waals surface area contributed by atoms with Crippen LogP contribution in [0.4, 0.5) is 4.79 Å². The molecule has 0 fully saturated rings. The van der Waals surface area contributed by atoms with Crippen LogP contribution in [0.1, 0.15) is 40.0 Å². The topological polar surface area (TPSA) is 136 Å². The van der Waals surface area contributed by atoms with Gasteiger partial charge in [-0.15, -0.1) is 5.53 Å². The summed E-state index contributed by atoms with van der Waals surface area (Å²) in [6.45, 7) is 5.70. The van der Waals surface area contributed by atoms with E-state index >= 15 is 0 Å². The maximum absolute atomic E-state index is 11.3. The van der Waals surface area contributed by atoms with Crippen molar-refractivity contribution in [1.82, 2.24) is 10.7 Å². The summed E-state index contributed by atoms with van der Waals surface area (Å²) in [5, 5.41) is 14.4. The molecule has 0 aromatic rings. The van der Waals surface area contributed by atoms with Crippen molar-refractivity contribution in [2.45, 2.75) is 51.7 Å². The molecule has 0 aliphatic rings. The molecule has 0 bridgehead atoms. The summed E-state index contributed by atoms with van der Waals surface area (Å²) in [5.41, 5.74) is 9.75. The highest BCUT2D eigenvalue weighted by Gasteiger charge is 2.19. The average molecular weight is 287 g/mol. The van der Waals surface area contributed by atoms with E-state index in [1.54, 1.807) is 20.8 Å². The van der Waals surface area contributed by atoms with E-state index in [0.717, 1.165) is 0 Å². The van der Waals surface area contributed by atoms with Crippen LogP contribution in [0.5, 0.6) is 0 Å². The number of unbranched alkanes of at least 4 members (excludes halogenated alkanes) is 1. The average Bonchev–Trinajstić information content (AvgIpc) is 2.29. The predicted molar refractivity (Wildman–Crippen MR) is 71.8 cm³/mol. The first-order valence-corrected chi connectivity index (χ1v) is 6.25. The van der Waals surface area contributed by atoms with E-state index in [0.29, 0.717) is 25.8 Å². The molecule has 0 aromatic carbocycles. The standard InChI is InChI=1S/C11H21N5O4/c1-11(2,3)20-10(19)13-7-5-4-6-8(9(17)18)14-16-15-12/h8,14H,4-7H2,1-3H3,(H,13,19)(H,17,18)/t8-/m0/s1. The van der Waals surface area contributed by atoms with Gasteiger partial charge in [-0.05, 0) is 45.3 Å². The van der Waals surface area contributed by atoms with Crippen LogP contribution in [-0.4, -0.2) is 35.4 Å². The Morgan fingerprint density at radius 3 is 2.55 bits per heavy atom. The van der Waals surface area contributed by atoms with Crippen molar-refractivity contribution in [3.8, 4) is 0 Å². The van der Waals surface area contributed by atoms with E-state index in [2.05, 4.69) is 20.9 Å². The molecule has 1 atom stereocenters. The Hall–Kier alpha value is -2.15. The summed E-state index contributed by atoms with van der Waals surface area (Å²) < 4.78 is 5.05. The van der Waals surface area contributed by atoms with Gasteiger partial charge in [-0.3, -0.25) is 0 Å². The molecule has 0 unspecified atom stereocenters. The number of hydrogen-bond donors (Lipinski definition) is 3. The molecule has 20 heavy (non-hydrogen) atoms. The Morgan fingerprint density at radius 1 is 1.40 bits per heavy atom. The molecule has 3 N–H and O–H groups in total.